The monoisotopic (exact) mass is 220 g/mol. The second kappa shape index (κ2) is 4.71. The molecule has 1 aromatic carbocycles. The number of benzene rings is 1. The highest BCUT2D eigenvalue weighted by molar-refractivity contribution is 7.98. The summed E-state index contributed by atoms with van der Waals surface area (Å²) >= 11 is 1.88. The maximum atomic E-state index is 4.64. The van der Waals surface area contributed by atoms with Crippen molar-refractivity contribution in [2.24, 2.45) is 0 Å². The van der Waals surface area contributed by atoms with Crippen LogP contribution in [0, 0.1) is 0 Å². The Morgan fingerprint density at radius 2 is 2.13 bits per heavy atom. The SMILES string of the molecule is CCc1nc2ccccc2n1CCSC. The summed E-state index contributed by atoms with van der Waals surface area (Å²) in [5.41, 5.74) is 2.39. The fourth-order valence-corrected chi connectivity index (χ4v) is 2.19. The highest BCUT2D eigenvalue weighted by Gasteiger charge is 2.07. The van der Waals surface area contributed by atoms with Crippen molar-refractivity contribution < 1.29 is 0 Å². The van der Waals surface area contributed by atoms with Gasteiger partial charge in [-0.25, -0.2) is 4.98 Å². The van der Waals surface area contributed by atoms with E-state index in [1.807, 2.05) is 17.8 Å². The molecule has 2 nitrogen and oxygen atoms in total. The summed E-state index contributed by atoms with van der Waals surface area (Å²) in [7, 11) is 0. The average molecular weight is 220 g/mol. The predicted octanol–water partition coefficient (Wildman–Crippen LogP) is 2.96. The first-order valence-corrected chi connectivity index (χ1v) is 6.69. The molecular weight excluding hydrogens is 204 g/mol. The number of nitrogens with zero attached hydrogens (tertiary/aromatic N) is 2. The quantitative estimate of drug-likeness (QED) is 0.788. The Hall–Kier alpha value is -0.960. The van der Waals surface area contributed by atoms with Crippen molar-refractivity contribution in [3.05, 3.63) is 30.1 Å². The maximum absolute atomic E-state index is 4.64. The van der Waals surface area contributed by atoms with E-state index in [4.69, 9.17) is 0 Å². The van der Waals surface area contributed by atoms with E-state index in [2.05, 4.69) is 40.9 Å². The molecule has 0 aliphatic rings. The molecule has 2 rings (SSSR count). The van der Waals surface area contributed by atoms with Crippen LogP contribution in [0.3, 0.4) is 0 Å². The second-order valence-electron chi connectivity index (χ2n) is 3.51. The van der Waals surface area contributed by atoms with Crippen molar-refractivity contribution in [3.8, 4) is 0 Å². The minimum Gasteiger partial charge on any atom is -0.327 e. The number of aromatic nitrogens is 2. The van der Waals surface area contributed by atoms with E-state index in [-0.39, 0.29) is 0 Å². The lowest BCUT2D eigenvalue weighted by Gasteiger charge is -2.06. The van der Waals surface area contributed by atoms with Gasteiger partial charge in [-0.05, 0) is 18.4 Å². The largest absolute Gasteiger partial charge is 0.327 e. The van der Waals surface area contributed by atoms with Crippen LogP contribution in [0.1, 0.15) is 12.7 Å². The van der Waals surface area contributed by atoms with Crippen LogP contribution in [0.4, 0.5) is 0 Å². The van der Waals surface area contributed by atoms with E-state index in [9.17, 15) is 0 Å². The number of hydrogen-bond donors (Lipinski definition) is 0. The average Bonchev–Trinajstić information content (AvgIpc) is 2.64. The Labute approximate surface area is 94.7 Å². The van der Waals surface area contributed by atoms with E-state index < -0.39 is 0 Å². The molecule has 0 bridgehead atoms. The van der Waals surface area contributed by atoms with Gasteiger partial charge in [0.1, 0.15) is 5.82 Å². The number of fused-ring (bicyclic) bond motifs is 1. The number of thioether (sulfide) groups is 1. The van der Waals surface area contributed by atoms with Crippen LogP contribution >= 0.6 is 11.8 Å². The zero-order chi connectivity index (χ0) is 10.7. The number of imidazole rings is 1. The molecule has 0 aliphatic heterocycles. The summed E-state index contributed by atoms with van der Waals surface area (Å²) < 4.78 is 2.34. The van der Waals surface area contributed by atoms with Crippen molar-refractivity contribution in [3.63, 3.8) is 0 Å². The molecule has 0 saturated carbocycles. The molecule has 1 aromatic heterocycles. The molecule has 0 saturated heterocycles. The van der Waals surface area contributed by atoms with E-state index in [0.717, 1.165) is 24.2 Å². The first-order chi connectivity index (χ1) is 7.36. The highest BCUT2D eigenvalue weighted by Crippen LogP contribution is 2.16. The third kappa shape index (κ3) is 2.02. The van der Waals surface area contributed by atoms with Gasteiger partial charge in [0.05, 0.1) is 11.0 Å². The normalized spacial score (nSPS) is 11.1. The van der Waals surface area contributed by atoms with Gasteiger partial charge >= 0.3 is 0 Å². The van der Waals surface area contributed by atoms with Crippen molar-refractivity contribution >= 4 is 22.8 Å². The van der Waals surface area contributed by atoms with Crippen LogP contribution in [-0.2, 0) is 13.0 Å². The van der Waals surface area contributed by atoms with Crippen LogP contribution in [-0.4, -0.2) is 21.6 Å². The summed E-state index contributed by atoms with van der Waals surface area (Å²) in [5, 5.41) is 0. The molecule has 15 heavy (non-hydrogen) atoms. The van der Waals surface area contributed by atoms with Crippen molar-refractivity contribution in [2.45, 2.75) is 19.9 Å². The number of para-hydroxylation sites is 2. The van der Waals surface area contributed by atoms with Crippen molar-refractivity contribution in [1.29, 1.82) is 0 Å². The minimum atomic E-state index is 1.00. The first kappa shape index (κ1) is 10.6. The van der Waals surface area contributed by atoms with Crippen LogP contribution in [0.25, 0.3) is 11.0 Å². The topological polar surface area (TPSA) is 17.8 Å². The van der Waals surface area contributed by atoms with Gasteiger partial charge < -0.3 is 4.57 Å². The molecule has 80 valence electrons. The minimum absolute atomic E-state index is 1.00. The van der Waals surface area contributed by atoms with Crippen LogP contribution in [0.2, 0.25) is 0 Å². The van der Waals surface area contributed by atoms with Gasteiger partial charge in [0, 0.05) is 18.7 Å². The molecular formula is C12H16N2S. The molecule has 2 aromatic rings. The van der Waals surface area contributed by atoms with Gasteiger partial charge in [-0.15, -0.1) is 0 Å². The predicted molar refractivity (Wildman–Crippen MR) is 67.5 cm³/mol. The molecule has 0 unspecified atom stereocenters. The molecule has 0 radical (unpaired) electrons. The number of aryl methyl sites for hydroxylation is 2. The summed E-state index contributed by atoms with van der Waals surface area (Å²) in [6.45, 7) is 3.22. The Kier molecular flexibility index (Phi) is 3.31. The molecule has 0 spiro atoms. The summed E-state index contributed by atoms with van der Waals surface area (Å²) in [6.07, 6.45) is 3.15. The maximum Gasteiger partial charge on any atom is 0.109 e. The van der Waals surface area contributed by atoms with E-state index in [0.29, 0.717) is 0 Å². The van der Waals surface area contributed by atoms with Gasteiger partial charge in [-0.2, -0.15) is 11.8 Å². The molecule has 0 fully saturated rings. The third-order valence-electron chi connectivity index (χ3n) is 2.57. The summed E-state index contributed by atoms with van der Waals surface area (Å²) in [6, 6.07) is 8.37. The summed E-state index contributed by atoms with van der Waals surface area (Å²) in [5.74, 6) is 2.35. The Balaban J connectivity index is 2.47. The van der Waals surface area contributed by atoms with Crippen molar-refractivity contribution in [2.75, 3.05) is 12.0 Å². The van der Waals surface area contributed by atoms with Gasteiger partial charge in [0.15, 0.2) is 0 Å². The lowest BCUT2D eigenvalue weighted by Crippen LogP contribution is -2.04. The first-order valence-electron chi connectivity index (χ1n) is 5.30. The fraction of sp³-hybridized carbons (Fsp3) is 0.417. The number of rotatable bonds is 4. The lowest BCUT2D eigenvalue weighted by molar-refractivity contribution is 0.733. The Morgan fingerprint density at radius 1 is 1.33 bits per heavy atom. The van der Waals surface area contributed by atoms with Gasteiger partial charge in [0.2, 0.25) is 0 Å². The zero-order valence-electron chi connectivity index (χ0n) is 9.23. The van der Waals surface area contributed by atoms with Gasteiger partial charge in [-0.3, -0.25) is 0 Å². The number of hydrogen-bond acceptors (Lipinski definition) is 2. The molecule has 0 atom stereocenters. The lowest BCUT2D eigenvalue weighted by atomic mass is 10.3. The Morgan fingerprint density at radius 3 is 2.87 bits per heavy atom. The second-order valence-corrected chi connectivity index (χ2v) is 4.50. The highest BCUT2D eigenvalue weighted by atomic mass is 32.2. The molecule has 0 N–H and O–H groups in total. The Bertz CT molecular complexity index is 448. The molecule has 0 aliphatic carbocycles. The standard InChI is InChI=1S/C12H16N2S/c1-3-12-13-10-6-4-5-7-11(10)14(12)8-9-15-2/h4-7H,3,8-9H2,1-2H3. The zero-order valence-corrected chi connectivity index (χ0v) is 10.0. The molecule has 1 heterocycles. The van der Waals surface area contributed by atoms with Crippen LogP contribution in [0.15, 0.2) is 24.3 Å². The van der Waals surface area contributed by atoms with E-state index in [1.54, 1.807) is 0 Å². The van der Waals surface area contributed by atoms with Gasteiger partial charge in [0.25, 0.3) is 0 Å². The fourth-order valence-electron chi connectivity index (χ4n) is 1.83. The van der Waals surface area contributed by atoms with Gasteiger partial charge in [-0.1, -0.05) is 19.1 Å². The van der Waals surface area contributed by atoms with Crippen LogP contribution < -0.4 is 0 Å². The third-order valence-corrected chi connectivity index (χ3v) is 3.16. The molecule has 3 heteroatoms. The van der Waals surface area contributed by atoms with Crippen molar-refractivity contribution in [1.82, 2.24) is 9.55 Å². The summed E-state index contributed by atoms with van der Waals surface area (Å²) in [4.78, 5) is 4.64. The molecule has 0 amide bonds. The van der Waals surface area contributed by atoms with Crippen LogP contribution in [0.5, 0.6) is 0 Å². The van der Waals surface area contributed by atoms with E-state index >= 15 is 0 Å². The smallest absolute Gasteiger partial charge is 0.109 e. The van der Waals surface area contributed by atoms with E-state index in [1.165, 1.54) is 11.3 Å².